The number of carbonyl (C=O) groups excluding carboxylic acids is 5. The normalized spacial score (nSPS) is 30.6. The second kappa shape index (κ2) is 10.3. The third-order valence-corrected chi connectivity index (χ3v) is 4.22. The maximum atomic E-state index is 13.4. The van der Waals surface area contributed by atoms with Gasteiger partial charge in [0.25, 0.3) is 0 Å². The number of hydrogen-bond acceptors (Lipinski definition) is 11. The van der Waals surface area contributed by atoms with Gasteiger partial charge in [-0.25, -0.2) is 0 Å². The second-order valence-electron chi connectivity index (χ2n) is 6.71. The molecule has 1 N–H and O–H groups in total. The van der Waals surface area contributed by atoms with Crippen molar-refractivity contribution >= 4 is 29.8 Å². The summed E-state index contributed by atoms with van der Waals surface area (Å²) in [5.41, 5.74) is -2.50. The zero-order chi connectivity index (χ0) is 23.2. The molecule has 4 unspecified atom stereocenters. The number of carbonyl (C=O) groups is 5. The summed E-state index contributed by atoms with van der Waals surface area (Å²) in [6.07, 6.45) is -9.47. The highest BCUT2D eigenvalue weighted by Gasteiger charge is 2.66. The molecule has 0 saturated heterocycles. The van der Waals surface area contributed by atoms with Crippen molar-refractivity contribution in [3.8, 4) is 0 Å². The van der Waals surface area contributed by atoms with E-state index in [0.29, 0.717) is 0 Å². The topological polar surface area (TPSA) is 152 Å². The lowest BCUT2D eigenvalue weighted by molar-refractivity contribution is -0.287. The minimum absolute atomic E-state index is 0.759. The van der Waals surface area contributed by atoms with E-state index in [4.69, 9.17) is 23.7 Å². The van der Waals surface area contributed by atoms with Gasteiger partial charge in [0.15, 0.2) is 30.5 Å². The van der Waals surface area contributed by atoms with Crippen LogP contribution in [0.3, 0.4) is 0 Å². The molecule has 1 fully saturated rings. The van der Waals surface area contributed by atoms with Crippen LogP contribution in [0.15, 0.2) is 0 Å². The molecular weight excluding hydrogens is 411 g/mol. The number of aliphatic hydroxyl groups is 1. The molecule has 0 aromatic carbocycles. The van der Waals surface area contributed by atoms with Gasteiger partial charge < -0.3 is 28.8 Å². The van der Waals surface area contributed by atoms with Crippen molar-refractivity contribution in [2.45, 2.75) is 77.2 Å². The maximum absolute atomic E-state index is 13.4. The summed E-state index contributed by atoms with van der Waals surface area (Å²) in [6, 6.07) is 0. The lowest BCUT2D eigenvalue weighted by Gasteiger charge is -2.51. The smallest absolute Gasteiger partial charge is 0.303 e. The molecule has 0 aromatic heterocycles. The van der Waals surface area contributed by atoms with Gasteiger partial charge in [-0.2, -0.15) is 0 Å². The summed E-state index contributed by atoms with van der Waals surface area (Å²) in [5, 5.41) is 11.3. The van der Waals surface area contributed by atoms with E-state index in [0.717, 1.165) is 34.6 Å². The van der Waals surface area contributed by atoms with Crippen molar-refractivity contribution in [1.82, 2.24) is 0 Å². The molecule has 1 rings (SSSR count). The minimum Gasteiger partial charge on any atom is -0.455 e. The highest BCUT2D eigenvalue weighted by molar-refractivity contribution is 5.70. The molecule has 0 bridgehead atoms. The van der Waals surface area contributed by atoms with Crippen LogP contribution in [0, 0.1) is 0 Å². The standard InChI is InChI=1S/C18H25FO11/c1-8(20)26-13-14(27-9(2)21)16(29-11(4)23)18(25,6-7-19)17(30-12(5)24)15(13)28-10(3)22/h13-17,25H,6-7H2,1-5H3/t13-,14?,15?,16?,17?,18+. The molecular formula is C18H25FO11. The SMILES string of the molecule is CC(=O)OC1C(OC(C)=O)[C@](O)(CCF)C(OC(C)=O)C(OC(C)=O)[C@H]1OC(C)=O. The van der Waals surface area contributed by atoms with E-state index in [1.165, 1.54) is 0 Å². The van der Waals surface area contributed by atoms with Gasteiger partial charge in [-0.3, -0.25) is 28.4 Å². The summed E-state index contributed by atoms with van der Waals surface area (Å²) in [6.45, 7) is 3.75. The van der Waals surface area contributed by atoms with Gasteiger partial charge in [-0.1, -0.05) is 0 Å². The molecule has 1 aliphatic rings. The van der Waals surface area contributed by atoms with Crippen molar-refractivity contribution in [1.29, 1.82) is 0 Å². The van der Waals surface area contributed by atoms with E-state index in [-0.39, 0.29) is 0 Å². The number of rotatable bonds is 7. The van der Waals surface area contributed by atoms with E-state index in [9.17, 15) is 33.5 Å². The molecule has 11 nitrogen and oxygen atoms in total. The fourth-order valence-corrected chi connectivity index (χ4v) is 3.36. The molecule has 1 aliphatic carbocycles. The summed E-state index contributed by atoms with van der Waals surface area (Å²) >= 11 is 0. The Kier molecular flexibility index (Phi) is 8.70. The van der Waals surface area contributed by atoms with Crippen LogP contribution in [0.5, 0.6) is 0 Å². The van der Waals surface area contributed by atoms with Crippen molar-refractivity contribution in [3.63, 3.8) is 0 Å². The van der Waals surface area contributed by atoms with Crippen LogP contribution < -0.4 is 0 Å². The Labute approximate surface area is 171 Å². The predicted octanol–water partition coefficient (Wildman–Crippen LogP) is -0.251. The molecule has 0 aromatic rings. The lowest BCUT2D eigenvalue weighted by Crippen LogP contribution is -2.74. The summed E-state index contributed by atoms with van der Waals surface area (Å²) < 4.78 is 38.9. The zero-order valence-corrected chi connectivity index (χ0v) is 17.2. The maximum Gasteiger partial charge on any atom is 0.303 e. The minimum atomic E-state index is -2.50. The largest absolute Gasteiger partial charge is 0.455 e. The van der Waals surface area contributed by atoms with Crippen molar-refractivity contribution < 1.29 is 57.2 Å². The van der Waals surface area contributed by atoms with Crippen LogP contribution >= 0.6 is 0 Å². The highest BCUT2D eigenvalue weighted by atomic mass is 19.1. The lowest BCUT2D eigenvalue weighted by atomic mass is 9.72. The van der Waals surface area contributed by atoms with Gasteiger partial charge in [-0.15, -0.1) is 0 Å². The molecule has 12 heteroatoms. The molecule has 0 heterocycles. The number of hydrogen-bond donors (Lipinski definition) is 1. The van der Waals surface area contributed by atoms with Crippen molar-refractivity contribution in [3.05, 3.63) is 0 Å². The number of halogens is 1. The Morgan fingerprint density at radius 1 is 0.667 bits per heavy atom. The number of esters is 5. The Morgan fingerprint density at radius 3 is 1.23 bits per heavy atom. The van der Waals surface area contributed by atoms with Crippen LogP contribution in [0.2, 0.25) is 0 Å². The average Bonchev–Trinajstić information content (AvgIpc) is 2.57. The van der Waals surface area contributed by atoms with Crippen LogP contribution in [-0.4, -0.2) is 77.7 Å². The predicted molar refractivity (Wildman–Crippen MR) is 93.3 cm³/mol. The van der Waals surface area contributed by atoms with Gasteiger partial charge >= 0.3 is 29.8 Å². The van der Waals surface area contributed by atoms with Crippen LogP contribution in [-0.2, 0) is 47.7 Å². The summed E-state index contributed by atoms with van der Waals surface area (Å²) in [5.74, 6) is -4.67. The first-order valence-electron chi connectivity index (χ1n) is 8.97. The molecule has 1 saturated carbocycles. The van der Waals surface area contributed by atoms with Crippen LogP contribution in [0.1, 0.15) is 41.0 Å². The molecule has 0 aliphatic heterocycles. The molecule has 30 heavy (non-hydrogen) atoms. The molecule has 0 amide bonds. The molecule has 0 radical (unpaired) electrons. The van der Waals surface area contributed by atoms with Gasteiger partial charge in [0.05, 0.1) is 6.67 Å². The molecule has 0 spiro atoms. The summed E-state index contributed by atoms with van der Waals surface area (Å²) in [7, 11) is 0. The first-order chi connectivity index (χ1) is 13.8. The fraction of sp³-hybridized carbons (Fsp3) is 0.722. The third-order valence-electron chi connectivity index (χ3n) is 4.22. The first-order valence-corrected chi connectivity index (χ1v) is 8.97. The number of ether oxygens (including phenoxy) is 5. The molecule has 4 atom stereocenters. The monoisotopic (exact) mass is 436 g/mol. The quantitative estimate of drug-likeness (QED) is 0.415. The zero-order valence-electron chi connectivity index (χ0n) is 17.2. The first kappa shape index (κ1) is 25.3. The fourth-order valence-electron chi connectivity index (χ4n) is 3.36. The average molecular weight is 436 g/mol. The van der Waals surface area contributed by atoms with Gasteiger partial charge in [0.2, 0.25) is 0 Å². The van der Waals surface area contributed by atoms with E-state index in [1.807, 2.05) is 0 Å². The third kappa shape index (κ3) is 6.12. The van der Waals surface area contributed by atoms with Gasteiger partial charge in [0.1, 0.15) is 5.60 Å². The Hall–Kier alpha value is -2.76. The number of alkyl halides is 1. The van der Waals surface area contributed by atoms with Crippen LogP contribution in [0.4, 0.5) is 4.39 Å². The Morgan fingerprint density at radius 2 is 0.967 bits per heavy atom. The Bertz CT molecular complexity index is 648. The van der Waals surface area contributed by atoms with Gasteiger partial charge in [0, 0.05) is 41.0 Å². The van der Waals surface area contributed by atoms with E-state index in [1.54, 1.807) is 0 Å². The van der Waals surface area contributed by atoms with Crippen LogP contribution in [0.25, 0.3) is 0 Å². The van der Waals surface area contributed by atoms with E-state index in [2.05, 4.69) is 0 Å². The Balaban J connectivity index is 3.74. The highest BCUT2D eigenvalue weighted by Crippen LogP contribution is 2.41. The van der Waals surface area contributed by atoms with E-state index >= 15 is 0 Å². The molecule has 170 valence electrons. The van der Waals surface area contributed by atoms with Crippen molar-refractivity contribution in [2.75, 3.05) is 6.67 Å². The second-order valence-corrected chi connectivity index (χ2v) is 6.71. The van der Waals surface area contributed by atoms with E-state index < -0.39 is 79.1 Å². The van der Waals surface area contributed by atoms with Crippen molar-refractivity contribution in [2.24, 2.45) is 0 Å². The summed E-state index contributed by atoms with van der Waals surface area (Å²) in [4.78, 5) is 58.4. The van der Waals surface area contributed by atoms with Gasteiger partial charge in [-0.05, 0) is 0 Å².